The average Bonchev–Trinajstić information content (AvgIpc) is 3.12. The number of hydrogen-bond acceptors (Lipinski definition) is 4. The van der Waals surface area contributed by atoms with E-state index in [4.69, 9.17) is 0 Å². The van der Waals surface area contributed by atoms with E-state index in [0.29, 0.717) is 6.42 Å². The highest BCUT2D eigenvalue weighted by Gasteiger charge is 2.10. The molecule has 1 heterocycles. The van der Waals surface area contributed by atoms with Crippen LogP contribution in [0.5, 0.6) is 0 Å². The van der Waals surface area contributed by atoms with E-state index in [1.54, 1.807) is 0 Å². The van der Waals surface area contributed by atoms with Gasteiger partial charge in [-0.1, -0.05) is 36.8 Å². The van der Waals surface area contributed by atoms with Gasteiger partial charge in [0.2, 0.25) is 11.8 Å². The van der Waals surface area contributed by atoms with E-state index in [9.17, 15) is 9.59 Å². The van der Waals surface area contributed by atoms with E-state index < -0.39 is 0 Å². The normalized spacial score (nSPS) is 10.4. The van der Waals surface area contributed by atoms with Gasteiger partial charge in [0.15, 0.2) is 0 Å². The molecule has 0 aliphatic rings. The van der Waals surface area contributed by atoms with Crippen LogP contribution >= 0.6 is 11.3 Å². The molecule has 2 aromatic carbocycles. The fraction of sp³-hybridized carbons (Fsp3) is 0.190. The number of rotatable bonds is 6. The molecule has 3 rings (SSSR count). The van der Waals surface area contributed by atoms with E-state index >= 15 is 0 Å². The zero-order valence-electron chi connectivity index (χ0n) is 15.3. The van der Waals surface area contributed by atoms with E-state index in [-0.39, 0.29) is 18.2 Å². The zero-order chi connectivity index (χ0) is 19.2. The SMILES string of the molecule is CCC(=O)Nc1ccc(-c2csc(CC(=O)Nc3ccc(C)cc3)n2)cc1. The Morgan fingerprint density at radius 1 is 0.926 bits per heavy atom. The molecule has 2 N–H and O–H groups in total. The first kappa shape index (κ1) is 18.8. The Bertz CT molecular complexity index is 931. The lowest BCUT2D eigenvalue weighted by molar-refractivity contribution is -0.116. The van der Waals surface area contributed by atoms with Crippen molar-refractivity contribution in [3.05, 3.63) is 64.5 Å². The lowest BCUT2D eigenvalue weighted by Crippen LogP contribution is -2.14. The second kappa shape index (κ2) is 8.60. The summed E-state index contributed by atoms with van der Waals surface area (Å²) in [4.78, 5) is 28.2. The topological polar surface area (TPSA) is 71.1 Å². The van der Waals surface area contributed by atoms with Crippen LogP contribution in [0.15, 0.2) is 53.9 Å². The lowest BCUT2D eigenvalue weighted by Gasteiger charge is -2.04. The largest absolute Gasteiger partial charge is 0.326 e. The minimum atomic E-state index is -0.0858. The molecule has 3 aromatic rings. The van der Waals surface area contributed by atoms with Crippen molar-refractivity contribution in [2.75, 3.05) is 10.6 Å². The molecule has 0 atom stereocenters. The number of nitrogens with one attached hydrogen (secondary N) is 2. The molecular weight excluding hydrogens is 358 g/mol. The minimum absolute atomic E-state index is 0.0155. The molecule has 0 saturated carbocycles. The number of benzene rings is 2. The van der Waals surface area contributed by atoms with Crippen molar-refractivity contribution >= 4 is 34.5 Å². The van der Waals surface area contributed by atoms with Crippen LogP contribution in [0.25, 0.3) is 11.3 Å². The molecule has 0 radical (unpaired) electrons. The maximum absolute atomic E-state index is 12.2. The van der Waals surface area contributed by atoms with Crippen molar-refractivity contribution < 1.29 is 9.59 Å². The predicted molar refractivity (Wildman–Crippen MR) is 110 cm³/mol. The van der Waals surface area contributed by atoms with Gasteiger partial charge in [-0.15, -0.1) is 11.3 Å². The van der Waals surface area contributed by atoms with Crippen molar-refractivity contribution in [2.24, 2.45) is 0 Å². The molecule has 0 bridgehead atoms. The number of nitrogens with zero attached hydrogens (tertiary/aromatic N) is 1. The molecule has 2 amide bonds. The summed E-state index contributed by atoms with van der Waals surface area (Å²) >= 11 is 1.46. The van der Waals surface area contributed by atoms with E-state index in [1.165, 1.54) is 11.3 Å². The van der Waals surface area contributed by atoms with Crippen LogP contribution in [-0.4, -0.2) is 16.8 Å². The molecule has 0 fully saturated rings. The fourth-order valence-electron chi connectivity index (χ4n) is 2.48. The summed E-state index contributed by atoms with van der Waals surface area (Å²) in [5.41, 5.74) is 4.47. The summed E-state index contributed by atoms with van der Waals surface area (Å²) in [6, 6.07) is 15.2. The van der Waals surface area contributed by atoms with E-state index in [0.717, 1.165) is 33.2 Å². The van der Waals surface area contributed by atoms with Crippen LogP contribution in [-0.2, 0) is 16.0 Å². The van der Waals surface area contributed by atoms with Crippen LogP contribution in [0.1, 0.15) is 23.9 Å². The molecule has 27 heavy (non-hydrogen) atoms. The second-order valence-electron chi connectivity index (χ2n) is 6.20. The van der Waals surface area contributed by atoms with Crippen LogP contribution in [0, 0.1) is 6.92 Å². The number of carbonyl (C=O) groups is 2. The maximum Gasteiger partial charge on any atom is 0.231 e. The molecule has 5 nitrogen and oxygen atoms in total. The summed E-state index contributed by atoms with van der Waals surface area (Å²) in [5, 5.41) is 8.40. The van der Waals surface area contributed by atoms with Gasteiger partial charge in [0.25, 0.3) is 0 Å². The third-order valence-electron chi connectivity index (χ3n) is 3.98. The summed E-state index contributed by atoms with van der Waals surface area (Å²) in [7, 11) is 0. The minimum Gasteiger partial charge on any atom is -0.326 e. The molecule has 1 aromatic heterocycles. The molecule has 0 saturated heterocycles. The van der Waals surface area contributed by atoms with Gasteiger partial charge >= 0.3 is 0 Å². The highest BCUT2D eigenvalue weighted by molar-refractivity contribution is 7.10. The summed E-state index contributed by atoms with van der Waals surface area (Å²) in [5.74, 6) is -0.101. The van der Waals surface area contributed by atoms with Gasteiger partial charge in [-0.2, -0.15) is 0 Å². The number of anilines is 2. The van der Waals surface area contributed by atoms with Gasteiger partial charge in [0.1, 0.15) is 5.01 Å². The highest BCUT2D eigenvalue weighted by Crippen LogP contribution is 2.24. The highest BCUT2D eigenvalue weighted by atomic mass is 32.1. The monoisotopic (exact) mass is 379 g/mol. The van der Waals surface area contributed by atoms with Crippen molar-refractivity contribution in [1.29, 1.82) is 0 Å². The Labute approximate surface area is 162 Å². The van der Waals surface area contributed by atoms with Gasteiger partial charge < -0.3 is 10.6 Å². The van der Waals surface area contributed by atoms with Gasteiger partial charge in [-0.05, 0) is 31.2 Å². The first-order valence-corrected chi connectivity index (χ1v) is 9.62. The smallest absolute Gasteiger partial charge is 0.231 e. The maximum atomic E-state index is 12.2. The third kappa shape index (κ3) is 5.24. The molecule has 0 aliphatic heterocycles. The summed E-state index contributed by atoms with van der Waals surface area (Å²) in [6.07, 6.45) is 0.686. The first-order valence-electron chi connectivity index (χ1n) is 8.74. The Morgan fingerprint density at radius 3 is 2.15 bits per heavy atom. The third-order valence-corrected chi connectivity index (χ3v) is 4.83. The number of thiazole rings is 1. The molecule has 138 valence electrons. The Kier molecular flexibility index (Phi) is 5.98. The van der Waals surface area contributed by atoms with Crippen LogP contribution in [0.2, 0.25) is 0 Å². The van der Waals surface area contributed by atoms with Crippen molar-refractivity contribution in [3.8, 4) is 11.3 Å². The first-order chi connectivity index (χ1) is 13.0. The fourth-order valence-corrected chi connectivity index (χ4v) is 3.28. The standard InChI is InChI=1S/C21H21N3O2S/c1-3-19(25)22-17-10-6-15(7-11-17)18-13-27-21(24-18)12-20(26)23-16-8-4-14(2)5-9-16/h4-11,13H,3,12H2,1-2H3,(H,22,25)(H,23,26). The molecule has 0 spiro atoms. The van der Waals surface area contributed by atoms with Gasteiger partial charge in [0.05, 0.1) is 12.1 Å². The second-order valence-corrected chi connectivity index (χ2v) is 7.14. The number of aromatic nitrogens is 1. The molecule has 0 unspecified atom stereocenters. The average molecular weight is 379 g/mol. The molecular formula is C21H21N3O2S. The number of carbonyl (C=O) groups excluding carboxylic acids is 2. The van der Waals surface area contributed by atoms with Crippen molar-refractivity contribution in [3.63, 3.8) is 0 Å². The van der Waals surface area contributed by atoms with Crippen LogP contribution in [0.4, 0.5) is 11.4 Å². The van der Waals surface area contributed by atoms with Crippen LogP contribution in [0.3, 0.4) is 0 Å². The van der Waals surface area contributed by atoms with E-state index in [1.807, 2.05) is 67.8 Å². The number of hydrogen-bond donors (Lipinski definition) is 2. The molecule has 6 heteroatoms. The van der Waals surface area contributed by atoms with Crippen molar-refractivity contribution in [1.82, 2.24) is 4.98 Å². The van der Waals surface area contributed by atoms with E-state index in [2.05, 4.69) is 15.6 Å². The summed E-state index contributed by atoms with van der Waals surface area (Å²) < 4.78 is 0. The van der Waals surface area contributed by atoms with Crippen LogP contribution < -0.4 is 10.6 Å². The Balaban J connectivity index is 1.61. The Hall–Kier alpha value is -2.99. The zero-order valence-corrected chi connectivity index (χ0v) is 16.1. The number of amides is 2. The predicted octanol–water partition coefficient (Wildman–Crippen LogP) is 4.65. The van der Waals surface area contributed by atoms with Crippen molar-refractivity contribution in [2.45, 2.75) is 26.7 Å². The Morgan fingerprint density at radius 2 is 1.52 bits per heavy atom. The quantitative estimate of drug-likeness (QED) is 0.655. The molecule has 0 aliphatic carbocycles. The van der Waals surface area contributed by atoms with Gasteiger partial charge in [-0.3, -0.25) is 9.59 Å². The van der Waals surface area contributed by atoms with Gasteiger partial charge in [0, 0.05) is 28.7 Å². The van der Waals surface area contributed by atoms with Gasteiger partial charge in [-0.25, -0.2) is 4.98 Å². The lowest BCUT2D eigenvalue weighted by atomic mass is 10.1. The summed E-state index contributed by atoms with van der Waals surface area (Å²) in [6.45, 7) is 3.82. The number of aryl methyl sites for hydroxylation is 1.